The van der Waals surface area contributed by atoms with Crippen LogP contribution in [0, 0.1) is 0 Å². The van der Waals surface area contributed by atoms with Gasteiger partial charge in [-0.15, -0.1) is 11.8 Å². The Kier molecular flexibility index (Phi) is 3.06. The molecule has 1 fully saturated rings. The number of thioether (sulfide) groups is 1. The molecule has 0 amide bonds. The van der Waals surface area contributed by atoms with E-state index >= 15 is 0 Å². The molecule has 1 aromatic rings. The first kappa shape index (κ1) is 9.55. The molecule has 1 saturated heterocycles. The Bertz CT molecular complexity index is 306. The van der Waals surface area contributed by atoms with E-state index in [0.29, 0.717) is 12.4 Å². The van der Waals surface area contributed by atoms with Gasteiger partial charge in [-0.1, -0.05) is 18.2 Å². The highest BCUT2D eigenvalue weighted by Crippen LogP contribution is 2.21. The summed E-state index contributed by atoms with van der Waals surface area (Å²) in [5.41, 5.74) is -0.449. The van der Waals surface area contributed by atoms with Crippen molar-refractivity contribution in [1.82, 2.24) is 0 Å². The van der Waals surface area contributed by atoms with Gasteiger partial charge < -0.3 is 9.47 Å². The average Bonchev–Trinajstić information content (AvgIpc) is 2.72. The number of para-hydroxylation sites is 1. The van der Waals surface area contributed by atoms with Crippen molar-refractivity contribution in [1.29, 1.82) is 0 Å². The lowest BCUT2D eigenvalue weighted by Crippen LogP contribution is -2.22. The van der Waals surface area contributed by atoms with Gasteiger partial charge in [0.05, 0.1) is 6.61 Å². The summed E-state index contributed by atoms with van der Waals surface area (Å²) in [5.74, 6) is 1.10. The zero-order chi connectivity index (χ0) is 9.80. The third-order valence-corrected chi connectivity index (χ3v) is 2.81. The van der Waals surface area contributed by atoms with E-state index in [-0.39, 0.29) is 5.97 Å². The van der Waals surface area contributed by atoms with E-state index in [1.54, 1.807) is 12.1 Å². The SMILES string of the molecule is O=C(Oc1ccccc1)[C@@H]1OCCS1. The molecule has 3 nitrogen and oxygen atoms in total. The second kappa shape index (κ2) is 4.48. The molecule has 1 heterocycles. The number of carbonyl (C=O) groups excluding carboxylic acids is 1. The topological polar surface area (TPSA) is 35.5 Å². The smallest absolute Gasteiger partial charge is 0.351 e. The Morgan fingerprint density at radius 1 is 1.43 bits per heavy atom. The molecule has 0 N–H and O–H groups in total. The van der Waals surface area contributed by atoms with Gasteiger partial charge in [0, 0.05) is 5.75 Å². The normalized spacial score (nSPS) is 20.7. The van der Waals surface area contributed by atoms with Gasteiger partial charge >= 0.3 is 5.97 Å². The maximum atomic E-state index is 11.4. The summed E-state index contributed by atoms with van der Waals surface area (Å²) < 4.78 is 10.3. The summed E-state index contributed by atoms with van der Waals surface area (Å²) in [7, 11) is 0. The molecule has 1 atom stereocenters. The second-order valence-corrected chi connectivity index (χ2v) is 3.98. The van der Waals surface area contributed by atoms with Crippen LogP contribution in [0.3, 0.4) is 0 Å². The van der Waals surface area contributed by atoms with E-state index < -0.39 is 5.44 Å². The number of benzene rings is 1. The maximum absolute atomic E-state index is 11.4. The van der Waals surface area contributed by atoms with E-state index in [4.69, 9.17) is 9.47 Å². The molecule has 0 aliphatic carbocycles. The summed E-state index contributed by atoms with van der Waals surface area (Å²) in [4.78, 5) is 11.4. The average molecular weight is 210 g/mol. The van der Waals surface area contributed by atoms with Crippen LogP contribution < -0.4 is 4.74 Å². The first-order chi connectivity index (χ1) is 6.86. The molecule has 0 unspecified atom stereocenters. The van der Waals surface area contributed by atoms with Crippen LogP contribution in [0.1, 0.15) is 0 Å². The molecule has 1 aliphatic rings. The third kappa shape index (κ3) is 2.27. The van der Waals surface area contributed by atoms with Gasteiger partial charge in [0.2, 0.25) is 5.44 Å². The molecule has 0 bridgehead atoms. The quantitative estimate of drug-likeness (QED) is 0.549. The molecule has 1 aliphatic heterocycles. The molecule has 2 rings (SSSR count). The Labute approximate surface area is 86.4 Å². The summed E-state index contributed by atoms with van der Waals surface area (Å²) in [6, 6.07) is 9.02. The zero-order valence-electron chi connectivity index (χ0n) is 7.51. The summed E-state index contributed by atoms with van der Waals surface area (Å²) in [6.07, 6.45) is 0. The minimum absolute atomic E-state index is 0.321. The molecule has 0 saturated carbocycles. The molecule has 0 spiro atoms. The summed E-state index contributed by atoms with van der Waals surface area (Å²) >= 11 is 1.47. The summed E-state index contributed by atoms with van der Waals surface area (Å²) in [6.45, 7) is 0.624. The predicted octanol–water partition coefficient (Wildman–Crippen LogP) is 1.68. The fourth-order valence-corrected chi connectivity index (χ4v) is 1.93. The third-order valence-electron chi connectivity index (χ3n) is 1.78. The first-order valence-electron chi connectivity index (χ1n) is 4.36. The van der Waals surface area contributed by atoms with Gasteiger partial charge in [-0.25, -0.2) is 4.79 Å². The van der Waals surface area contributed by atoms with Gasteiger partial charge in [0.1, 0.15) is 5.75 Å². The number of hydrogen-bond acceptors (Lipinski definition) is 4. The highest BCUT2D eigenvalue weighted by Gasteiger charge is 2.26. The van der Waals surface area contributed by atoms with Crippen LogP contribution in [0.2, 0.25) is 0 Å². The number of esters is 1. The number of carbonyl (C=O) groups is 1. The van der Waals surface area contributed by atoms with Gasteiger partial charge in [-0.05, 0) is 12.1 Å². The van der Waals surface area contributed by atoms with Crippen LogP contribution in [-0.4, -0.2) is 23.8 Å². The molecule has 4 heteroatoms. The lowest BCUT2D eigenvalue weighted by Gasteiger charge is -2.07. The van der Waals surface area contributed by atoms with Crippen LogP contribution in [-0.2, 0) is 9.53 Å². The van der Waals surface area contributed by atoms with Crippen molar-refractivity contribution in [3.63, 3.8) is 0 Å². The molecule has 74 valence electrons. The van der Waals surface area contributed by atoms with Crippen LogP contribution >= 0.6 is 11.8 Å². The van der Waals surface area contributed by atoms with Crippen LogP contribution in [0.4, 0.5) is 0 Å². The van der Waals surface area contributed by atoms with Crippen molar-refractivity contribution < 1.29 is 14.3 Å². The fraction of sp³-hybridized carbons (Fsp3) is 0.300. The monoisotopic (exact) mass is 210 g/mol. The Balaban J connectivity index is 1.94. The lowest BCUT2D eigenvalue weighted by atomic mass is 10.3. The summed E-state index contributed by atoms with van der Waals surface area (Å²) in [5, 5.41) is 0. The van der Waals surface area contributed by atoms with Gasteiger partial charge in [0.15, 0.2) is 0 Å². The predicted molar refractivity (Wildman–Crippen MR) is 54.3 cm³/mol. The van der Waals surface area contributed by atoms with Crippen molar-refractivity contribution in [2.75, 3.05) is 12.4 Å². The standard InChI is InChI=1S/C10H10O3S/c11-9(10-12-6-7-14-10)13-8-4-2-1-3-5-8/h1-5,10H,6-7H2/t10-/m1/s1. The van der Waals surface area contributed by atoms with E-state index in [9.17, 15) is 4.79 Å². The second-order valence-electron chi connectivity index (χ2n) is 2.81. The van der Waals surface area contributed by atoms with Gasteiger partial charge in [-0.2, -0.15) is 0 Å². The highest BCUT2D eigenvalue weighted by molar-refractivity contribution is 8.00. The fourth-order valence-electron chi connectivity index (χ4n) is 1.15. The molecule has 0 radical (unpaired) electrons. The Morgan fingerprint density at radius 2 is 2.21 bits per heavy atom. The lowest BCUT2D eigenvalue weighted by molar-refractivity contribution is -0.140. The maximum Gasteiger partial charge on any atom is 0.351 e. The Hall–Kier alpha value is -1.00. The minimum atomic E-state index is -0.449. The molecule has 0 aromatic heterocycles. The number of ether oxygens (including phenoxy) is 2. The Morgan fingerprint density at radius 3 is 2.86 bits per heavy atom. The van der Waals surface area contributed by atoms with E-state index in [1.807, 2.05) is 18.2 Å². The van der Waals surface area contributed by atoms with E-state index in [1.165, 1.54) is 11.8 Å². The van der Waals surface area contributed by atoms with Crippen molar-refractivity contribution >= 4 is 17.7 Å². The highest BCUT2D eigenvalue weighted by atomic mass is 32.2. The molecular weight excluding hydrogens is 200 g/mol. The van der Waals surface area contributed by atoms with Crippen molar-refractivity contribution in [2.24, 2.45) is 0 Å². The first-order valence-corrected chi connectivity index (χ1v) is 5.41. The number of rotatable bonds is 2. The zero-order valence-corrected chi connectivity index (χ0v) is 8.33. The van der Waals surface area contributed by atoms with Crippen molar-refractivity contribution in [3.8, 4) is 5.75 Å². The van der Waals surface area contributed by atoms with Gasteiger partial charge in [-0.3, -0.25) is 0 Å². The van der Waals surface area contributed by atoms with Crippen molar-refractivity contribution in [3.05, 3.63) is 30.3 Å². The van der Waals surface area contributed by atoms with E-state index in [2.05, 4.69) is 0 Å². The molecule has 14 heavy (non-hydrogen) atoms. The van der Waals surface area contributed by atoms with Crippen LogP contribution in [0.15, 0.2) is 30.3 Å². The molecule has 1 aromatic carbocycles. The molecular formula is C10H10O3S. The van der Waals surface area contributed by atoms with Crippen molar-refractivity contribution in [2.45, 2.75) is 5.44 Å². The van der Waals surface area contributed by atoms with Crippen LogP contribution in [0.5, 0.6) is 5.75 Å². The number of hydrogen-bond donors (Lipinski definition) is 0. The van der Waals surface area contributed by atoms with Gasteiger partial charge in [0.25, 0.3) is 0 Å². The minimum Gasteiger partial charge on any atom is -0.424 e. The largest absolute Gasteiger partial charge is 0.424 e. The van der Waals surface area contributed by atoms with E-state index in [0.717, 1.165) is 5.75 Å². The van der Waals surface area contributed by atoms with Crippen LogP contribution in [0.25, 0.3) is 0 Å².